The maximum atomic E-state index is 14.1. The van der Waals surface area contributed by atoms with E-state index in [0.717, 1.165) is 24.0 Å². The molecular weight excluding hydrogens is 531 g/mol. The Hall–Kier alpha value is -3.00. The number of hydrogen-bond acceptors (Lipinski definition) is 6. The Kier molecular flexibility index (Phi) is 10.2. The van der Waals surface area contributed by atoms with Gasteiger partial charge in [0.2, 0.25) is 11.8 Å². The van der Waals surface area contributed by atoms with Gasteiger partial charge in [-0.2, -0.15) is 0 Å². The molecule has 1 N–H and O–H groups in total. The first-order valence-electron chi connectivity index (χ1n) is 14.1. The Balaban J connectivity index is 1.61. The van der Waals surface area contributed by atoms with Gasteiger partial charge in [0.05, 0.1) is 12.7 Å². The van der Waals surface area contributed by atoms with E-state index in [-0.39, 0.29) is 31.4 Å². The predicted octanol–water partition coefficient (Wildman–Crippen LogP) is 4.71. The highest BCUT2D eigenvalue weighted by atomic mass is 31.2. The average molecular weight is 571 g/mol. The van der Waals surface area contributed by atoms with Crippen molar-refractivity contribution in [2.45, 2.75) is 70.9 Å². The Labute approximate surface area is 236 Å². The summed E-state index contributed by atoms with van der Waals surface area (Å²) in [7, 11) is -4.33. The van der Waals surface area contributed by atoms with E-state index in [1.165, 1.54) is 9.80 Å². The maximum Gasteiger partial charge on any atom is 0.347 e. The molecule has 0 aromatic heterocycles. The molecule has 0 spiro atoms. The second-order valence-corrected chi connectivity index (χ2v) is 12.4. The molecule has 1 heterocycles. The largest absolute Gasteiger partial charge is 0.465 e. The van der Waals surface area contributed by atoms with Crippen LogP contribution in [0.4, 0.5) is 5.69 Å². The van der Waals surface area contributed by atoms with Gasteiger partial charge in [0.25, 0.3) is 0 Å². The Bertz CT molecular complexity index is 1230. The number of hydrogen-bond donors (Lipinski definition) is 1. The fourth-order valence-electron chi connectivity index (χ4n) is 5.71. The van der Waals surface area contributed by atoms with Crippen LogP contribution >= 0.6 is 7.60 Å². The number of fused-ring (bicyclic) bond motifs is 1. The number of esters is 1. The standard InChI is InChI=1S/C30H39N2O7P/c1-3-38-28(33)20-31-26-16-10-9-13-24(26)17-18-27(30(31)35)32(29(34)25-14-7-8-15-25)21-40(36,37)39-22(2)19-23-11-5-4-6-12-23/h4-6,9-13,16,22,25,27H,3,7-8,14-15,17-21H2,1-2H3,(H,36,37)/t22?,27-/m0/s1. The van der Waals surface area contributed by atoms with Crippen molar-refractivity contribution in [3.05, 3.63) is 65.7 Å². The van der Waals surface area contributed by atoms with Gasteiger partial charge >= 0.3 is 13.6 Å². The molecule has 0 radical (unpaired) electrons. The molecule has 10 heteroatoms. The molecule has 0 bridgehead atoms. The van der Waals surface area contributed by atoms with Gasteiger partial charge in [-0.15, -0.1) is 0 Å². The molecule has 1 aliphatic carbocycles. The number of aryl methyl sites for hydroxylation is 1. The number of ether oxygens (including phenoxy) is 1. The molecule has 2 aromatic carbocycles. The molecule has 3 atom stereocenters. The van der Waals surface area contributed by atoms with Gasteiger partial charge in [-0.1, -0.05) is 61.4 Å². The molecule has 2 aliphatic rings. The topological polar surface area (TPSA) is 113 Å². The zero-order valence-corrected chi connectivity index (χ0v) is 24.1. The Morgan fingerprint density at radius 3 is 2.45 bits per heavy atom. The van der Waals surface area contributed by atoms with Gasteiger partial charge in [-0.3, -0.25) is 23.8 Å². The van der Waals surface area contributed by atoms with E-state index in [2.05, 4.69) is 0 Å². The van der Waals surface area contributed by atoms with Crippen molar-refractivity contribution < 1.29 is 33.1 Å². The van der Waals surface area contributed by atoms with Crippen molar-refractivity contribution in [1.29, 1.82) is 0 Å². The third-order valence-electron chi connectivity index (χ3n) is 7.52. The van der Waals surface area contributed by atoms with Gasteiger partial charge < -0.3 is 19.1 Å². The zero-order chi connectivity index (χ0) is 28.7. The van der Waals surface area contributed by atoms with Crippen molar-refractivity contribution in [2.75, 3.05) is 24.3 Å². The molecule has 2 aromatic rings. The van der Waals surface area contributed by atoms with Gasteiger partial charge in [-0.25, -0.2) is 0 Å². The van der Waals surface area contributed by atoms with E-state index in [9.17, 15) is 23.8 Å². The molecule has 1 saturated carbocycles. The van der Waals surface area contributed by atoms with E-state index in [1.54, 1.807) is 26.0 Å². The number of benzene rings is 2. The minimum atomic E-state index is -4.33. The summed E-state index contributed by atoms with van der Waals surface area (Å²) in [4.78, 5) is 54.0. The smallest absolute Gasteiger partial charge is 0.347 e. The molecule has 0 saturated heterocycles. The fourth-order valence-corrected chi connectivity index (χ4v) is 7.13. The molecule has 2 unspecified atom stereocenters. The number of anilines is 1. The van der Waals surface area contributed by atoms with Crippen molar-refractivity contribution in [1.82, 2.24) is 4.90 Å². The average Bonchev–Trinajstić information content (AvgIpc) is 3.42. The lowest BCUT2D eigenvalue weighted by Gasteiger charge is -2.35. The normalized spacial score (nSPS) is 19.8. The summed E-state index contributed by atoms with van der Waals surface area (Å²) in [5.74, 6) is -1.67. The first-order chi connectivity index (χ1) is 19.2. The van der Waals surface area contributed by atoms with Gasteiger partial charge in [0.1, 0.15) is 18.9 Å². The van der Waals surface area contributed by atoms with Crippen LogP contribution in [-0.2, 0) is 41.1 Å². The highest BCUT2D eigenvalue weighted by Gasteiger charge is 2.42. The molecule has 9 nitrogen and oxygen atoms in total. The summed E-state index contributed by atoms with van der Waals surface area (Å²) in [6.07, 6.45) is 3.09. The van der Waals surface area contributed by atoms with Crippen LogP contribution in [0.25, 0.3) is 0 Å². The molecule has 216 valence electrons. The first kappa shape index (κ1) is 30.0. The zero-order valence-electron chi connectivity index (χ0n) is 23.2. The molecule has 1 fully saturated rings. The third-order valence-corrected chi connectivity index (χ3v) is 8.87. The highest BCUT2D eigenvalue weighted by molar-refractivity contribution is 7.52. The van der Waals surface area contributed by atoms with Crippen molar-refractivity contribution >= 4 is 31.1 Å². The van der Waals surface area contributed by atoms with Crippen LogP contribution in [0.5, 0.6) is 0 Å². The minimum Gasteiger partial charge on any atom is -0.465 e. The summed E-state index contributed by atoms with van der Waals surface area (Å²) in [6, 6.07) is 15.8. The Morgan fingerprint density at radius 2 is 1.75 bits per heavy atom. The van der Waals surface area contributed by atoms with Gasteiger partial charge in [0, 0.05) is 11.6 Å². The number of para-hydroxylation sites is 1. The third kappa shape index (κ3) is 7.59. The molecule has 40 heavy (non-hydrogen) atoms. The first-order valence-corrected chi connectivity index (χ1v) is 15.8. The molecule has 4 rings (SSSR count). The van der Waals surface area contributed by atoms with Gasteiger partial charge in [-0.05, 0) is 63.1 Å². The van der Waals surface area contributed by atoms with Crippen LogP contribution in [0.3, 0.4) is 0 Å². The van der Waals surface area contributed by atoms with E-state index >= 15 is 0 Å². The van der Waals surface area contributed by atoms with E-state index in [1.807, 2.05) is 42.5 Å². The monoisotopic (exact) mass is 570 g/mol. The minimum absolute atomic E-state index is 0.171. The number of nitrogens with zero attached hydrogens (tertiary/aromatic N) is 2. The number of amides is 2. The van der Waals surface area contributed by atoms with Crippen LogP contribution in [0, 0.1) is 5.92 Å². The molecular formula is C30H39N2O7P. The SMILES string of the molecule is CCOC(=O)CN1C(=O)[C@@H](N(CP(=O)(O)OC(C)Cc2ccccc2)C(=O)C2CCCC2)CCc2ccccc21. The predicted molar refractivity (Wildman–Crippen MR) is 152 cm³/mol. The number of carbonyl (C=O) groups excluding carboxylic acids is 3. The summed E-state index contributed by atoms with van der Waals surface area (Å²) >= 11 is 0. The van der Waals surface area contributed by atoms with Gasteiger partial charge in [0.15, 0.2) is 0 Å². The number of rotatable bonds is 11. The van der Waals surface area contributed by atoms with E-state index in [0.29, 0.717) is 31.4 Å². The summed E-state index contributed by atoms with van der Waals surface area (Å²) in [5.41, 5.74) is 2.40. The molecule has 1 aliphatic heterocycles. The molecule has 2 amide bonds. The summed E-state index contributed by atoms with van der Waals surface area (Å²) < 4.78 is 24.3. The Morgan fingerprint density at radius 1 is 1.07 bits per heavy atom. The fraction of sp³-hybridized carbons (Fsp3) is 0.500. The maximum absolute atomic E-state index is 14.1. The van der Waals surface area contributed by atoms with Crippen LogP contribution < -0.4 is 4.90 Å². The van der Waals surface area contributed by atoms with Crippen LogP contribution in [0.1, 0.15) is 57.1 Å². The van der Waals surface area contributed by atoms with Crippen molar-refractivity contribution in [3.8, 4) is 0 Å². The lowest BCUT2D eigenvalue weighted by molar-refractivity contribution is -0.144. The highest BCUT2D eigenvalue weighted by Crippen LogP contribution is 2.46. The van der Waals surface area contributed by atoms with Crippen molar-refractivity contribution in [2.24, 2.45) is 5.92 Å². The quantitative estimate of drug-likeness (QED) is 0.308. The van der Waals surface area contributed by atoms with E-state index < -0.39 is 37.9 Å². The van der Waals surface area contributed by atoms with E-state index in [4.69, 9.17) is 9.26 Å². The number of carbonyl (C=O) groups is 3. The van der Waals surface area contributed by atoms with Crippen LogP contribution in [-0.4, -0.2) is 59.2 Å². The summed E-state index contributed by atoms with van der Waals surface area (Å²) in [6.45, 7) is 3.27. The van der Waals surface area contributed by atoms with Crippen molar-refractivity contribution in [3.63, 3.8) is 0 Å². The second-order valence-electron chi connectivity index (χ2n) is 10.6. The lowest BCUT2D eigenvalue weighted by Crippen LogP contribution is -2.53. The summed E-state index contributed by atoms with van der Waals surface area (Å²) in [5, 5.41) is 0. The lowest BCUT2D eigenvalue weighted by atomic mass is 10.0. The second kappa shape index (κ2) is 13.6. The van der Waals surface area contributed by atoms with Crippen LogP contribution in [0.15, 0.2) is 54.6 Å². The van der Waals surface area contributed by atoms with Crippen LogP contribution in [0.2, 0.25) is 0 Å².